The SMILES string of the molecule is CC1=C(C(=O)O)N2C(=O)[C@H](OC(=O)COc3ccccc3)[C@H]2S1. The summed E-state index contributed by atoms with van der Waals surface area (Å²) >= 11 is 1.21. The van der Waals surface area contributed by atoms with Crippen molar-refractivity contribution in [3.8, 4) is 5.75 Å². The Balaban J connectivity index is 1.56. The minimum Gasteiger partial charge on any atom is -0.482 e. The van der Waals surface area contributed by atoms with Crippen molar-refractivity contribution in [3.63, 3.8) is 0 Å². The number of hydrogen-bond donors (Lipinski definition) is 1. The van der Waals surface area contributed by atoms with E-state index in [1.807, 2.05) is 6.07 Å². The summed E-state index contributed by atoms with van der Waals surface area (Å²) in [7, 11) is 0. The molecule has 0 unspecified atom stereocenters. The average molecular weight is 335 g/mol. The number of para-hydroxylation sites is 1. The van der Waals surface area contributed by atoms with Gasteiger partial charge in [-0.25, -0.2) is 9.59 Å². The molecule has 2 aliphatic heterocycles. The summed E-state index contributed by atoms with van der Waals surface area (Å²) in [5, 5.41) is 8.60. The second-order valence-corrected chi connectivity index (χ2v) is 6.27. The first-order valence-corrected chi connectivity index (χ1v) is 7.68. The number of ether oxygens (including phenoxy) is 2. The molecule has 0 radical (unpaired) electrons. The van der Waals surface area contributed by atoms with Gasteiger partial charge in [0.1, 0.15) is 16.8 Å². The molecule has 1 fully saturated rings. The Hall–Kier alpha value is -2.48. The maximum absolute atomic E-state index is 12.0. The van der Waals surface area contributed by atoms with Gasteiger partial charge in [-0.1, -0.05) is 30.0 Å². The van der Waals surface area contributed by atoms with E-state index in [1.54, 1.807) is 31.2 Å². The molecule has 1 N–H and O–H groups in total. The molecule has 23 heavy (non-hydrogen) atoms. The first-order valence-electron chi connectivity index (χ1n) is 6.80. The van der Waals surface area contributed by atoms with E-state index in [0.717, 1.165) is 4.90 Å². The highest BCUT2D eigenvalue weighted by Gasteiger charge is 2.57. The molecule has 0 bridgehead atoms. The Labute approximate surface area is 135 Å². The number of hydrogen-bond acceptors (Lipinski definition) is 6. The van der Waals surface area contributed by atoms with Gasteiger partial charge in [0.25, 0.3) is 5.91 Å². The van der Waals surface area contributed by atoms with Gasteiger partial charge in [-0.05, 0) is 19.1 Å². The highest BCUT2D eigenvalue weighted by molar-refractivity contribution is 8.04. The van der Waals surface area contributed by atoms with Crippen LogP contribution < -0.4 is 4.74 Å². The van der Waals surface area contributed by atoms with Crippen LogP contribution in [0.2, 0.25) is 0 Å². The molecule has 1 aromatic carbocycles. The minimum absolute atomic E-state index is 0.0437. The maximum Gasteiger partial charge on any atom is 0.353 e. The monoisotopic (exact) mass is 335 g/mol. The number of esters is 1. The smallest absolute Gasteiger partial charge is 0.353 e. The Morgan fingerprint density at radius 3 is 2.65 bits per heavy atom. The number of benzene rings is 1. The van der Waals surface area contributed by atoms with Gasteiger partial charge in [-0.2, -0.15) is 0 Å². The Bertz CT molecular complexity index is 701. The van der Waals surface area contributed by atoms with Crippen molar-refractivity contribution in [2.75, 3.05) is 6.61 Å². The molecule has 2 aliphatic rings. The number of carbonyl (C=O) groups excluding carboxylic acids is 2. The Kier molecular flexibility index (Phi) is 3.99. The lowest BCUT2D eigenvalue weighted by molar-refractivity contribution is -0.175. The second kappa shape index (κ2) is 5.96. The molecule has 8 heteroatoms. The van der Waals surface area contributed by atoms with E-state index in [1.165, 1.54) is 11.8 Å². The first kappa shape index (κ1) is 15.4. The van der Waals surface area contributed by atoms with Gasteiger partial charge in [0.15, 0.2) is 6.61 Å². The maximum atomic E-state index is 12.0. The minimum atomic E-state index is -1.16. The number of allylic oxidation sites excluding steroid dienone is 1. The summed E-state index contributed by atoms with van der Waals surface area (Å²) in [6.07, 6.45) is -0.973. The molecular weight excluding hydrogens is 322 g/mol. The van der Waals surface area contributed by atoms with E-state index in [9.17, 15) is 14.4 Å². The van der Waals surface area contributed by atoms with Crippen molar-refractivity contribution in [1.82, 2.24) is 4.90 Å². The number of carboxylic acid groups (broad SMARTS) is 1. The van der Waals surface area contributed by atoms with E-state index in [4.69, 9.17) is 14.6 Å². The summed E-state index contributed by atoms with van der Waals surface area (Å²) < 4.78 is 10.4. The molecule has 0 spiro atoms. The number of amides is 1. The highest BCUT2D eigenvalue weighted by atomic mass is 32.2. The van der Waals surface area contributed by atoms with Crippen LogP contribution >= 0.6 is 11.8 Å². The molecule has 1 amide bonds. The highest BCUT2D eigenvalue weighted by Crippen LogP contribution is 2.47. The van der Waals surface area contributed by atoms with Gasteiger partial charge in [-0.3, -0.25) is 9.69 Å². The number of aliphatic carboxylic acids is 1. The summed E-state index contributed by atoms with van der Waals surface area (Å²) in [5.41, 5.74) is -0.0437. The van der Waals surface area contributed by atoms with Crippen molar-refractivity contribution in [3.05, 3.63) is 40.9 Å². The topological polar surface area (TPSA) is 93.1 Å². The fraction of sp³-hybridized carbons (Fsp3) is 0.267. The van der Waals surface area contributed by atoms with Crippen molar-refractivity contribution < 1.29 is 29.0 Å². The van der Waals surface area contributed by atoms with Crippen LogP contribution in [0.25, 0.3) is 0 Å². The molecule has 0 aliphatic carbocycles. The number of carboxylic acids is 1. The third-order valence-corrected chi connectivity index (χ3v) is 4.67. The molecule has 3 rings (SSSR count). The summed E-state index contributed by atoms with van der Waals surface area (Å²) in [5.74, 6) is -1.84. The lowest BCUT2D eigenvalue weighted by atomic mass is 10.1. The number of nitrogens with zero attached hydrogens (tertiary/aromatic N) is 1. The van der Waals surface area contributed by atoms with Crippen LogP contribution in [0.1, 0.15) is 6.92 Å². The van der Waals surface area contributed by atoms with E-state index >= 15 is 0 Å². The normalized spacial score (nSPS) is 22.5. The summed E-state index contributed by atoms with van der Waals surface area (Å²) in [4.78, 5) is 36.6. The fourth-order valence-electron chi connectivity index (χ4n) is 2.39. The number of β-lactam (4-membered cyclic amide) rings is 1. The summed E-state index contributed by atoms with van der Waals surface area (Å²) in [6.45, 7) is 1.31. The third kappa shape index (κ3) is 2.77. The zero-order valence-corrected chi connectivity index (χ0v) is 12.9. The predicted octanol–water partition coefficient (Wildman–Crippen LogP) is 1.21. The van der Waals surface area contributed by atoms with Crippen LogP contribution in [-0.4, -0.2) is 45.9 Å². The van der Waals surface area contributed by atoms with E-state index in [-0.39, 0.29) is 12.3 Å². The van der Waals surface area contributed by atoms with Crippen molar-refractivity contribution in [2.24, 2.45) is 0 Å². The molecule has 0 aromatic heterocycles. The fourth-order valence-corrected chi connectivity index (χ4v) is 3.66. The molecule has 1 saturated heterocycles. The van der Waals surface area contributed by atoms with Gasteiger partial charge in [0, 0.05) is 4.91 Å². The van der Waals surface area contributed by atoms with E-state index in [0.29, 0.717) is 10.7 Å². The largest absolute Gasteiger partial charge is 0.482 e. The van der Waals surface area contributed by atoms with Crippen LogP contribution in [0, 0.1) is 0 Å². The van der Waals surface area contributed by atoms with E-state index < -0.39 is 29.3 Å². The van der Waals surface area contributed by atoms with Gasteiger partial charge >= 0.3 is 11.9 Å². The predicted molar refractivity (Wildman–Crippen MR) is 80.4 cm³/mol. The molecule has 2 heterocycles. The van der Waals surface area contributed by atoms with Crippen LogP contribution in [0.5, 0.6) is 5.75 Å². The third-order valence-electron chi connectivity index (χ3n) is 3.43. The molecule has 120 valence electrons. The van der Waals surface area contributed by atoms with Crippen molar-refractivity contribution >= 4 is 29.6 Å². The quantitative estimate of drug-likeness (QED) is 0.638. The summed E-state index contributed by atoms with van der Waals surface area (Å²) in [6, 6.07) is 8.75. The second-order valence-electron chi connectivity index (χ2n) is 4.94. The molecular formula is C15H13NO6S. The van der Waals surface area contributed by atoms with Gasteiger partial charge in [0.2, 0.25) is 6.10 Å². The van der Waals surface area contributed by atoms with Gasteiger partial charge in [0.05, 0.1) is 0 Å². The standard InChI is InChI=1S/C15H13NO6S/c1-8-11(15(19)20)16-13(18)12(14(16)23-8)22-10(17)7-21-9-5-3-2-4-6-9/h2-6,12,14H,7H2,1H3,(H,19,20)/t12-,14+/m0/s1. The van der Waals surface area contributed by atoms with E-state index in [2.05, 4.69) is 0 Å². The zero-order valence-electron chi connectivity index (χ0n) is 12.1. The average Bonchev–Trinajstić information content (AvgIpc) is 2.85. The van der Waals surface area contributed by atoms with Crippen LogP contribution in [0.3, 0.4) is 0 Å². The number of rotatable bonds is 5. The Morgan fingerprint density at radius 2 is 2.00 bits per heavy atom. The number of thioether (sulfide) groups is 1. The Morgan fingerprint density at radius 1 is 1.30 bits per heavy atom. The molecule has 7 nitrogen and oxygen atoms in total. The van der Waals surface area contributed by atoms with Crippen LogP contribution in [-0.2, 0) is 19.1 Å². The molecule has 0 saturated carbocycles. The number of carbonyl (C=O) groups is 3. The van der Waals surface area contributed by atoms with Gasteiger partial charge < -0.3 is 14.6 Å². The molecule has 2 atom stereocenters. The zero-order chi connectivity index (χ0) is 16.6. The lowest BCUT2D eigenvalue weighted by Crippen LogP contribution is -2.62. The van der Waals surface area contributed by atoms with Crippen LogP contribution in [0.4, 0.5) is 0 Å². The van der Waals surface area contributed by atoms with Gasteiger partial charge in [-0.15, -0.1) is 0 Å². The van der Waals surface area contributed by atoms with Crippen molar-refractivity contribution in [2.45, 2.75) is 18.4 Å². The lowest BCUT2D eigenvalue weighted by Gasteiger charge is -2.40. The first-order chi connectivity index (χ1) is 11.0. The molecule has 1 aromatic rings. The van der Waals surface area contributed by atoms with Crippen molar-refractivity contribution in [1.29, 1.82) is 0 Å². The van der Waals surface area contributed by atoms with Crippen LogP contribution in [0.15, 0.2) is 40.9 Å². The number of fused-ring (bicyclic) bond motifs is 1.